The number of benzene rings is 2. The first-order chi connectivity index (χ1) is 15.6. The van der Waals surface area contributed by atoms with E-state index in [1.807, 2.05) is 42.5 Å². The summed E-state index contributed by atoms with van der Waals surface area (Å²) in [5.41, 5.74) is 4.51. The Hall–Kier alpha value is -3.44. The minimum absolute atomic E-state index is 0.0432. The molecule has 1 aliphatic carbocycles. The maximum absolute atomic E-state index is 13.3. The van der Waals surface area contributed by atoms with Gasteiger partial charge in [-0.25, -0.2) is 14.2 Å². The number of allylic oxidation sites excluding steroid dienone is 1. The third kappa shape index (κ3) is 3.92. The molecular formula is C26H19ClFNO3. The van der Waals surface area contributed by atoms with Crippen molar-refractivity contribution in [1.82, 2.24) is 4.98 Å². The van der Waals surface area contributed by atoms with E-state index in [0.29, 0.717) is 11.1 Å². The molecule has 2 aromatic carbocycles. The monoisotopic (exact) mass is 447 g/mol. The van der Waals surface area contributed by atoms with E-state index >= 15 is 0 Å². The predicted molar refractivity (Wildman–Crippen MR) is 122 cm³/mol. The van der Waals surface area contributed by atoms with Gasteiger partial charge in [-0.05, 0) is 66.8 Å². The van der Waals surface area contributed by atoms with Crippen LogP contribution in [-0.4, -0.2) is 11.0 Å². The van der Waals surface area contributed by atoms with Crippen LogP contribution in [0.5, 0.6) is 0 Å². The predicted octanol–water partition coefficient (Wildman–Crippen LogP) is 6.85. The van der Waals surface area contributed by atoms with E-state index in [4.69, 9.17) is 25.7 Å². The second-order valence-electron chi connectivity index (χ2n) is 7.68. The molecule has 1 aliphatic rings. The molecule has 0 saturated carbocycles. The first-order valence-electron chi connectivity index (χ1n) is 10.4. The molecule has 5 rings (SSSR count). The van der Waals surface area contributed by atoms with Crippen LogP contribution < -0.4 is 0 Å². The smallest absolute Gasteiger partial charge is 0.339 e. The average molecular weight is 448 g/mol. The summed E-state index contributed by atoms with van der Waals surface area (Å²) in [4.78, 5) is 18.2. The number of halogens is 2. The van der Waals surface area contributed by atoms with Crippen molar-refractivity contribution in [3.8, 4) is 0 Å². The minimum Gasteiger partial charge on any atom is -0.465 e. The van der Waals surface area contributed by atoms with E-state index in [1.165, 1.54) is 18.2 Å². The van der Waals surface area contributed by atoms with E-state index in [0.717, 1.165) is 52.8 Å². The number of hydrogen-bond acceptors (Lipinski definition) is 4. The maximum Gasteiger partial charge on any atom is 0.339 e. The maximum atomic E-state index is 13.3. The standard InChI is InChI=1S/C26H19ClFNO3/c27-22-14-18(28)11-10-17(22)15-32-26(30)24-20-7-1-2-9-23(20)29-25-16(5-3-8-21(24)25)13-19-6-4-12-31-19/h1-2,4,6-7,9-14H,3,5,8,15H2. The van der Waals surface area contributed by atoms with Gasteiger partial charge < -0.3 is 9.15 Å². The number of nitrogens with zero attached hydrogens (tertiary/aromatic N) is 1. The van der Waals surface area contributed by atoms with Crippen molar-refractivity contribution in [3.05, 3.63) is 99.8 Å². The molecule has 0 N–H and O–H groups in total. The molecule has 32 heavy (non-hydrogen) atoms. The van der Waals surface area contributed by atoms with Crippen molar-refractivity contribution in [2.45, 2.75) is 25.9 Å². The van der Waals surface area contributed by atoms with E-state index in [-0.39, 0.29) is 11.6 Å². The highest BCUT2D eigenvalue weighted by molar-refractivity contribution is 6.31. The topological polar surface area (TPSA) is 52.3 Å². The Bertz CT molecular complexity index is 1340. The highest BCUT2D eigenvalue weighted by Gasteiger charge is 2.26. The fraction of sp³-hybridized carbons (Fsp3) is 0.154. The number of pyridine rings is 1. The molecule has 0 radical (unpaired) electrons. The van der Waals surface area contributed by atoms with Crippen LogP contribution in [0.1, 0.15) is 45.8 Å². The lowest BCUT2D eigenvalue weighted by atomic mass is 9.86. The summed E-state index contributed by atoms with van der Waals surface area (Å²) >= 11 is 6.10. The molecular weight excluding hydrogens is 429 g/mol. The Morgan fingerprint density at radius 2 is 2.03 bits per heavy atom. The van der Waals surface area contributed by atoms with Crippen molar-refractivity contribution >= 4 is 40.1 Å². The van der Waals surface area contributed by atoms with Crippen LogP contribution in [0.3, 0.4) is 0 Å². The third-order valence-electron chi connectivity index (χ3n) is 5.61. The van der Waals surface area contributed by atoms with Crippen molar-refractivity contribution in [3.63, 3.8) is 0 Å². The molecule has 0 fully saturated rings. The molecule has 0 aliphatic heterocycles. The third-order valence-corrected chi connectivity index (χ3v) is 5.96. The van der Waals surface area contributed by atoms with Gasteiger partial charge in [0.05, 0.1) is 28.1 Å². The first-order valence-corrected chi connectivity index (χ1v) is 10.7. The number of furan rings is 1. The fourth-order valence-corrected chi connectivity index (χ4v) is 4.33. The second-order valence-corrected chi connectivity index (χ2v) is 8.09. The molecule has 0 amide bonds. The molecule has 4 aromatic rings. The van der Waals surface area contributed by atoms with E-state index < -0.39 is 11.8 Å². The highest BCUT2D eigenvalue weighted by Crippen LogP contribution is 2.36. The Kier molecular flexibility index (Phi) is 5.50. The molecule has 4 nitrogen and oxygen atoms in total. The van der Waals surface area contributed by atoms with Crippen LogP contribution in [0.25, 0.3) is 22.6 Å². The number of ether oxygens (including phenoxy) is 1. The van der Waals surface area contributed by atoms with Gasteiger partial charge in [0.2, 0.25) is 0 Å². The zero-order chi connectivity index (χ0) is 22.1. The summed E-state index contributed by atoms with van der Waals surface area (Å²) in [6.45, 7) is -0.0432. The molecule has 0 spiro atoms. The van der Waals surface area contributed by atoms with E-state index in [9.17, 15) is 9.18 Å². The molecule has 2 heterocycles. The van der Waals surface area contributed by atoms with E-state index in [2.05, 4.69) is 0 Å². The number of para-hydroxylation sites is 1. The second kappa shape index (κ2) is 8.60. The molecule has 0 bridgehead atoms. The quantitative estimate of drug-likeness (QED) is 0.321. The summed E-state index contributed by atoms with van der Waals surface area (Å²) in [5.74, 6) is -0.132. The van der Waals surface area contributed by atoms with Crippen LogP contribution in [0.2, 0.25) is 5.02 Å². The lowest BCUT2D eigenvalue weighted by molar-refractivity contribution is 0.0473. The lowest BCUT2D eigenvalue weighted by Gasteiger charge is -2.22. The average Bonchev–Trinajstić information content (AvgIpc) is 3.30. The van der Waals surface area contributed by atoms with Gasteiger partial charge in [0.25, 0.3) is 0 Å². The Labute approximate surface area is 189 Å². The SMILES string of the molecule is O=C(OCc1ccc(F)cc1Cl)c1c2c(nc3ccccc13)C(=Cc1ccco1)CCC2. The van der Waals surface area contributed by atoms with Crippen LogP contribution in [-0.2, 0) is 17.8 Å². The van der Waals surface area contributed by atoms with Crippen molar-refractivity contribution in [1.29, 1.82) is 0 Å². The van der Waals surface area contributed by atoms with Crippen LogP contribution in [0.15, 0.2) is 65.3 Å². The molecule has 6 heteroatoms. The first kappa shape index (κ1) is 20.5. The summed E-state index contributed by atoms with van der Waals surface area (Å²) in [7, 11) is 0. The molecule has 160 valence electrons. The van der Waals surface area contributed by atoms with E-state index in [1.54, 1.807) is 6.26 Å². The largest absolute Gasteiger partial charge is 0.465 e. The number of esters is 1. The molecule has 0 saturated heterocycles. The molecule has 2 aromatic heterocycles. The fourth-order valence-electron chi connectivity index (χ4n) is 4.11. The number of carbonyl (C=O) groups excluding carboxylic acids is 1. The number of hydrogen-bond donors (Lipinski definition) is 0. The number of fused-ring (bicyclic) bond motifs is 2. The van der Waals surface area contributed by atoms with Gasteiger partial charge in [0.1, 0.15) is 18.2 Å². The van der Waals surface area contributed by atoms with Gasteiger partial charge in [0, 0.05) is 10.9 Å². The zero-order valence-corrected chi connectivity index (χ0v) is 17.9. The van der Waals surface area contributed by atoms with Crippen molar-refractivity contribution in [2.75, 3.05) is 0 Å². The highest BCUT2D eigenvalue weighted by atomic mass is 35.5. The van der Waals surface area contributed by atoms with Gasteiger partial charge in [-0.1, -0.05) is 35.9 Å². The van der Waals surface area contributed by atoms with Gasteiger partial charge >= 0.3 is 5.97 Å². The van der Waals surface area contributed by atoms with Gasteiger partial charge in [-0.3, -0.25) is 0 Å². The lowest BCUT2D eigenvalue weighted by Crippen LogP contribution is -2.15. The van der Waals surface area contributed by atoms with Crippen LogP contribution >= 0.6 is 11.6 Å². The summed E-state index contributed by atoms with van der Waals surface area (Å²) in [6.07, 6.45) is 6.08. The Balaban J connectivity index is 1.57. The molecule has 0 atom stereocenters. The normalized spacial score (nSPS) is 14.5. The van der Waals surface area contributed by atoms with Crippen LogP contribution in [0.4, 0.5) is 4.39 Å². The Morgan fingerprint density at radius 1 is 1.16 bits per heavy atom. The zero-order valence-electron chi connectivity index (χ0n) is 17.1. The van der Waals surface area contributed by atoms with Gasteiger partial charge in [-0.2, -0.15) is 0 Å². The number of rotatable bonds is 4. The van der Waals surface area contributed by atoms with Crippen molar-refractivity contribution < 1.29 is 18.3 Å². The number of carbonyl (C=O) groups is 1. The molecule has 0 unspecified atom stereocenters. The van der Waals surface area contributed by atoms with Gasteiger partial charge in [0.15, 0.2) is 0 Å². The Morgan fingerprint density at radius 3 is 2.84 bits per heavy atom. The summed E-state index contributed by atoms with van der Waals surface area (Å²) in [6, 6.07) is 15.3. The summed E-state index contributed by atoms with van der Waals surface area (Å²) in [5, 5.41) is 0.976. The van der Waals surface area contributed by atoms with Crippen molar-refractivity contribution in [2.24, 2.45) is 0 Å². The van der Waals surface area contributed by atoms with Gasteiger partial charge in [-0.15, -0.1) is 0 Å². The summed E-state index contributed by atoms with van der Waals surface area (Å²) < 4.78 is 24.5. The van der Waals surface area contributed by atoms with Crippen LogP contribution in [0, 0.1) is 5.82 Å². The minimum atomic E-state index is -0.445. The number of aromatic nitrogens is 1.